The number of aromatic nitrogens is 2. The Morgan fingerprint density at radius 2 is 2.04 bits per heavy atom. The Morgan fingerprint density at radius 1 is 1.23 bits per heavy atom. The summed E-state index contributed by atoms with van der Waals surface area (Å²) in [6, 6.07) is 12.0. The van der Waals surface area contributed by atoms with Crippen LogP contribution in [-0.4, -0.2) is 43.1 Å². The minimum atomic E-state index is -3.67. The van der Waals surface area contributed by atoms with Crippen LogP contribution in [0.4, 0.5) is 0 Å². The highest BCUT2D eigenvalue weighted by Gasteiger charge is 2.19. The highest BCUT2D eigenvalue weighted by molar-refractivity contribution is 7.89. The Kier molecular flexibility index (Phi) is 6.17. The Labute approximate surface area is 155 Å². The Hall–Kier alpha value is -2.04. The minimum absolute atomic E-state index is 0.0871. The molecule has 0 radical (unpaired) electrons. The van der Waals surface area contributed by atoms with Crippen molar-refractivity contribution >= 4 is 21.4 Å². The molecule has 0 aliphatic carbocycles. The zero-order valence-corrected chi connectivity index (χ0v) is 15.5. The number of thiophene rings is 1. The zero-order valence-electron chi connectivity index (χ0n) is 13.9. The molecule has 0 aliphatic rings. The van der Waals surface area contributed by atoms with E-state index < -0.39 is 16.1 Å². The largest absolute Gasteiger partial charge is 0.394 e. The molecule has 9 heteroatoms. The van der Waals surface area contributed by atoms with E-state index in [9.17, 15) is 8.42 Å². The van der Waals surface area contributed by atoms with Crippen molar-refractivity contribution in [3.63, 3.8) is 0 Å². The third-order valence-corrected chi connectivity index (χ3v) is 6.05. The second kappa shape index (κ2) is 8.56. The lowest BCUT2D eigenvalue weighted by atomic mass is 10.3. The number of aliphatic hydroxyl groups is 1. The van der Waals surface area contributed by atoms with E-state index in [4.69, 9.17) is 9.84 Å². The summed E-state index contributed by atoms with van der Waals surface area (Å²) in [6.45, 7) is 0.107. The Bertz CT molecular complexity index is 892. The van der Waals surface area contributed by atoms with Crippen molar-refractivity contribution in [2.24, 2.45) is 0 Å². The standard InChI is InChI=1S/C17H19N3O4S2/c21-10-11-24-16(17-3-1-12-25-17)13-19-26(22,23)15-6-4-14(5-7-15)20-9-2-8-18-20/h1-9,12,16,19,21H,10-11,13H2. The summed E-state index contributed by atoms with van der Waals surface area (Å²) < 4.78 is 34.9. The monoisotopic (exact) mass is 393 g/mol. The molecule has 0 bridgehead atoms. The Balaban J connectivity index is 1.69. The number of nitrogens with zero attached hydrogens (tertiary/aromatic N) is 2. The number of ether oxygens (including phenoxy) is 1. The van der Waals surface area contributed by atoms with Gasteiger partial charge in [-0.2, -0.15) is 5.10 Å². The van der Waals surface area contributed by atoms with Crippen LogP contribution in [0.15, 0.2) is 65.1 Å². The van der Waals surface area contributed by atoms with E-state index in [1.807, 2.05) is 17.5 Å². The molecule has 1 aromatic carbocycles. The molecular formula is C17H19N3O4S2. The average Bonchev–Trinajstić information content (AvgIpc) is 3.36. The molecular weight excluding hydrogens is 374 g/mol. The van der Waals surface area contributed by atoms with Gasteiger partial charge in [0.2, 0.25) is 10.0 Å². The van der Waals surface area contributed by atoms with Crippen LogP contribution in [0.1, 0.15) is 11.0 Å². The van der Waals surface area contributed by atoms with Crippen molar-refractivity contribution in [3.05, 3.63) is 65.1 Å². The second-order valence-electron chi connectivity index (χ2n) is 5.39. The van der Waals surface area contributed by atoms with Crippen molar-refractivity contribution < 1.29 is 18.3 Å². The molecule has 0 saturated carbocycles. The van der Waals surface area contributed by atoms with Gasteiger partial charge in [-0.1, -0.05) is 6.07 Å². The van der Waals surface area contributed by atoms with Gasteiger partial charge in [0.05, 0.1) is 23.8 Å². The number of nitrogens with one attached hydrogen (secondary N) is 1. The van der Waals surface area contributed by atoms with Crippen LogP contribution in [0.2, 0.25) is 0 Å². The molecule has 3 aromatic rings. The number of aliphatic hydroxyl groups excluding tert-OH is 1. The first kappa shape index (κ1) is 18.7. The fraction of sp³-hybridized carbons (Fsp3) is 0.235. The summed E-state index contributed by atoms with van der Waals surface area (Å²) >= 11 is 1.48. The molecule has 0 saturated heterocycles. The molecule has 3 rings (SSSR count). The first-order valence-electron chi connectivity index (χ1n) is 7.96. The fourth-order valence-electron chi connectivity index (χ4n) is 2.38. The van der Waals surface area contributed by atoms with Crippen molar-refractivity contribution in [3.8, 4) is 5.69 Å². The second-order valence-corrected chi connectivity index (χ2v) is 8.14. The molecule has 2 N–H and O–H groups in total. The first-order chi connectivity index (χ1) is 12.6. The maximum absolute atomic E-state index is 12.5. The lowest BCUT2D eigenvalue weighted by Gasteiger charge is -2.17. The summed E-state index contributed by atoms with van der Waals surface area (Å²) in [7, 11) is -3.67. The SMILES string of the molecule is O=S(=O)(NCC(OCCO)c1cccs1)c1ccc(-n2cccn2)cc1. The van der Waals surface area contributed by atoms with E-state index in [0.717, 1.165) is 10.6 Å². The summed E-state index contributed by atoms with van der Waals surface area (Å²) in [5, 5.41) is 15.0. The summed E-state index contributed by atoms with van der Waals surface area (Å²) in [4.78, 5) is 1.07. The number of sulfonamides is 1. The maximum atomic E-state index is 12.5. The zero-order chi connectivity index (χ0) is 18.4. The molecule has 7 nitrogen and oxygen atoms in total. The van der Waals surface area contributed by atoms with Crippen LogP contribution in [0, 0.1) is 0 Å². The quantitative estimate of drug-likeness (QED) is 0.580. The van der Waals surface area contributed by atoms with Gasteiger partial charge in [0.15, 0.2) is 0 Å². The Morgan fingerprint density at radius 3 is 2.65 bits per heavy atom. The van der Waals surface area contributed by atoms with Gasteiger partial charge in [-0.3, -0.25) is 0 Å². The van der Waals surface area contributed by atoms with Crippen molar-refractivity contribution in [2.75, 3.05) is 19.8 Å². The van der Waals surface area contributed by atoms with Crippen LogP contribution in [0.25, 0.3) is 5.69 Å². The van der Waals surface area contributed by atoms with Gasteiger partial charge < -0.3 is 9.84 Å². The molecule has 0 aliphatic heterocycles. The van der Waals surface area contributed by atoms with Crippen LogP contribution in [0.5, 0.6) is 0 Å². The van der Waals surface area contributed by atoms with E-state index >= 15 is 0 Å². The summed E-state index contributed by atoms with van der Waals surface area (Å²) in [5.74, 6) is 0. The van der Waals surface area contributed by atoms with E-state index in [2.05, 4.69) is 9.82 Å². The van der Waals surface area contributed by atoms with E-state index in [0.29, 0.717) is 0 Å². The van der Waals surface area contributed by atoms with E-state index in [1.54, 1.807) is 35.3 Å². The van der Waals surface area contributed by atoms with Crippen molar-refractivity contribution in [2.45, 2.75) is 11.0 Å². The lowest BCUT2D eigenvalue weighted by molar-refractivity contribution is 0.0328. The van der Waals surface area contributed by atoms with Crippen LogP contribution in [0.3, 0.4) is 0 Å². The van der Waals surface area contributed by atoms with E-state index in [1.165, 1.54) is 23.5 Å². The van der Waals surface area contributed by atoms with Gasteiger partial charge in [-0.15, -0.1) is 11.3 Å². The number of benzene rings is 1. The van der Waals surface area contributed by atoms with E-state index in [-0.39, 0.29) is 24.7 Å². The van der Waals surface area contributed by atoms with Crippen LogP contribution in [-0.2, 0) is 14.8 Å². The number of rotatable bonds is 9. The third kappa shape index (κ3) is 4.57. The van der Waals surface area contributed by atoms with Crippen molar-refractivity contribution in [1.82, 2.24) is 14.5 Å². The van der Waals surface area contributed by atoms with Gasteiger partial charge in [0.1, 0.15) is 6.10 Å². The molecule has 0 fully saturated rings. The highest BCUT2D eigenvalue weighted by atomic mass is 32.2. The molecule has 0 spiro atoms. The average molecular weight is 393 g/mol. The molecule has 1 atom stereocenters. The molecule has 138 valence electrons. The van der Waals surface area contributed by atoms with Gasteiger partial charge in [0, 0.05) is 23.8 Å². The van der Waals surface area contributed by atoms with Crippen LogP contribution >= 0.6 is 11.3 Å². The third-order valence-electron chi connectivity index (χ3n) is 3.65. The number of hydrogen-bond acceptors (Lipinski definition) is 6. The predicted molar refractivity (Wildman–Crippen MR) is 98.9 cm³/mol. The molecule has 26 heavy (non-hydrogen) atoms. The number of hydrogen-bond donors (Lipinski definition) is 2. The topological polar surface area (TPSA) is 93.5 Å². The van der Waals surface area contributed by atoms with Gasteiger partial charge >= 0.3 is 0 Å². The predicted octanol–water partition coefficient (Wildman–Crippen LogP) is 1.96. The summed E-state index contributed by atoms with van der Waals surface area (Å²) in [6.07, 6.45) is 3.00. The minimum Gasteiger partial charge on any atom is -0.394 e. The fourth-order valence-corrected chi connectivity index (χ4v) is 4.19. The van der Waals surface area contributed by atoms with Crippen molar-refractivity contribution in [1.29, 1.82) is 0 Å². The highest BCUT2D eigenvalue weighted by Crippen LogP contribution is 2.22. The normalized spacial score (nSPS) is 13.0. The molecule has 2 aromatic heterocycles. The van der Waals surface area contributed by atoms with Crippen LogP contribution < -0.4 is 4.72 Å². The van der Waals surface area contributed by atoms with Gasteiger partial charge in [-0.25, -0.2) is 17.8 Å². The maximum Gasteiger partial charge on any atom is 0.240 e. The molecule has 0 amide bonds. The first-order valence-corrected chi connectivity index (χ1v) is 10.3. The smallest absolute Gasteiger partial charge is 0.240 e. The van der Waals surface area contributed by atoms with Gasteiger partial charge in [0.25, 0.3) is 0 Å². The lowest BCUT2D eigenvalue weighted by Crippen LogP contribution is -2.29. The summed E-state index contributed by atoms with van der Waals surface area (Å²) in [5.41, 5.74) is 0.775. The van der Waals surface area contributed by atoms with Gasteiger partial charge in [-0.05, 0) is 41.8 Å². The molecule has 1 unspecified atom stereocenters. The molecule has 2 heterocycles.